The van der Waals surface area contributed by atoms with Gasteiger partial charge < -0.3 is 15.0 Å². The third-order valence-corrected chi connectivity index (χ3v) is 4.08. The van der Waals surface area contributed by atoms with Crippen LogP contribution in [-0.2, 0) is 9.31 Å². The summed E-state index contributed by atoms with van der Waals surface area (Å²) in [6.07, 6.45) is 0. The molecule has 0 atom stereocenters. The zero-order valence-corrected chi connectivity index (χ0v) is 12.5. The number of nitrogen functional groups attached to an aromatic ring is 1. The van der Waals surface area contributed by atoms with Crippen LogP contribution >= 0.6 is 11.6 Å². The number of nitro groups is 1. The van der Waals surface area contributed by atoms with Crippen molar-refractivity contribution in [1.82, 2.24) is 0 Å². The van der Waals surface area contributed by atoms with Gasteiger partial charge in [-0.05, 0) is 33.8 Å². The van der Waals surface area contributed by atoms with Crippen molar-refractivity contribution in [2.24, 2.45) is 0 Å². The minimum Gasteiger partial charge on any atom is -0.399 e. The van der Waals surface area contributed by atoms with Gasteiger partial charge in [-0.1, -0.05) is 11.6 Å². The van der Waals surface area contributed by atoms with E-state index in [9.17, 15) is 10.1 Å². The first-order valence-corrected chi connectivity index (χ1v) is 6.52. The van der Waals surface area contributed by atoms with Crippen molar-refractivity contribution in [1.29, 1.82) is 0 Å². The Labute approximate surface area is 122 Å². The highest BCUT2D eigenvalue weighted by Crippen LogP contribution is 2.37. The average Bonchev–Trinajstić information content (AvgIpc) is 2.50. The predicted octanol–water partition coefficient (Wildman–Crippen LogP) is 2.13. The third kappa shape index (κ3) is 2.37. The summed E-state index contributed by atoms with van der Waals surface area (Å²) in [6.45, 7) is 7.56. The number of nitrogens with zero attached hydrogens (tertiary/aromatic N) is 1. The van der Waals surface area contributed by atoms with Gasteiger partial charge in [0.1, 0.15) is 5.69 Å². The van der Waals surface area contributed by atoms with Gasteiger partial charge in [-0.2, -0.15) is 0 Å². The van der Waals surface area contributed by atoms with Crippen LogP contribution in [0.5, 0.6) is 0 Å². The molecule has 0 unspecified atom stereocenters. The van der Waals surface area contributed by atoms with E-state index in [1.807, 2.05) is 27.7 Å². The molecule has 108 valence electrons. The van der Waals surface area contributed by atoms with Crippen molar-refractivity contribution in [3.05, 3.63) is 27.3 Å². The largest absolute Gasteiger partial charge is 0.497 e. The van der Waals surface area contributed by atoms with Crippen LogP contribution in [0, 0.1) is 10.1 Å². The van der Waals surface area contributed by atoms with Crippen LogP contribution in [0.25, 0.3) is 0 Å². The Morgan fingerprint density at radius 2 is 1.75 bits per heavy atom. The Hall–Kier alpha value is -1.31. The molecule has 1 fully saturated rings. The van der Waals surface area contributed by atoms with E-state index in [4.69, 9.17) is 26.6 Å². The molecule has 1 aliphatic rings. The SMILES string of the molecule is CC1(C)OB(c2cc(Cl)cc([N+](=O)[O-])c2N)OC1(C)C. The topological polar surface area (TPSA) is 87.6 Å². The zero-order chi connectivity index (χ0) is 15.3. The molecule has 6 nitrogen and oxygen atoms in total. The molecule has 0 bridgehead atoms. The number of benzene rings is 1. The van der Waals surface area contributed by atoms with Gasteiger partial charge in [0.25, 0.3) is 5.69 Å². The maximum atomic E-state index is 11.0. The van der Waals surface area contributed by atoms with Gasteiger partial charge in [-0.3, -0.25) is 10.1 Å². The summed E-state index contributed by atoms with van der Waals surface area (Å²) in [4.78, 5) is 10.4. The van der Waals surface area contributed by atoms with Crippen LogP contribution < -0.4 is 11.2 Å². The second-order valence-corrected chi connectivity index (χ2v) is 6.21. The average molecular weight is 299 g/mol. The molecule has 8 heteroatoms. The second-order valence-electron chi connectivity index (χ2n) is 5.77. The minimum atomic E-state index is -0.780. The number of halogens is 1. The van der Waals surface area contributed by atoms with E-state index in [1.54, 1.807) is 0 Å². The summed E-state index contributed by atoms with van der Waals surface area (Å²) in [7, 11) is -0.780. The quantitative estimate of drug-likeness (QED) is 0.391. The molecule has 2 rings (SSSR count). The Bertz CT molecular complexity index is 561. The number of rotatable bonds is 2. The highest BCUT2D eigenvalue weighted by molar-refractivity contribution is 6.64. The number of nitro benzene ring substituents is 1. The maximum absolute atomic E-state index is 11.0. The van der Waals surface area contributed by atoms with E-state index in [1.165, 1.54) is 12.1 Å². The van der Waals surface area contributed by atoms with Crippen molar-refractivity contribution in [2.45, 2.75) is 38.9 Å². The van der Waals surface area contributed by atoms with Gasteiger partial charge in [0.05, 0.1) is 16.1 Å². The first kappa shape index (κ1) is 15.1. The van der Waals surface area contributed by atoms with Crippen LogP contribution in [0.4, 0.5) is 11.4 Å². The van der Waals surface area contributed by atoms with E-state index in [0.717, 1.165) is 0 Å². The molecule has 0 aromatic heterocycles. The van der Waals surface area contributed by atoms with Crippen molar-refractivity contribution >= 4 is 35.6 Å². The molecule has 0 spiro atoms. The van der Waals surface area contributed by atoms with Crippen LogP contribution in [0.2, 0.25) is 5.02 Å². The van der Waals surface area contributed by atoms with E-state index in [0.29, 0.717) is 5.46 Å². The molecule has 0 saturated carbocycles. The lowest BCUT2D eigenvalue weighted by Gasteiger charge is -2.32. The Morgan fingerprint density at radius 1 is 1.25 bits per heavy atom. The zero-order valence-electron chi connectivity index (χ0n) is 11.8. The molecule has 1 heterocycles. The van der Waals surface area contributed by atoms with E-state index < -0.39 is 23.2 Å². The van der Waals surface area contributed by atoms with Gasteiger partial charge in [-0.15, -0.1) is 0 Å². The van der Waals surface area contributed by atoms with E-state index in [2.05, 4.69) is 0 Å². The fourth-order valence-electron chi connectivity index (χ4n) is 1.94. The van der Waals surface area contributed by atoms with Gasteiger partial charge >= 0.3 is 7.12 Å². The van der Waals surface area contributed by atoms with Crippen molar-refractivity contribution in [3.8, 4) is 0 Å². The monoisotopic (exact) mass is 298 g/mol. The number of nitrogens with two attached hydrogens (primary N) is 1. The maximum Gasteiger partial charge on any atom is 0.497 e. The molecule has 20 heavy (non-hydrogen) atoms. The third-order valence-electron chi connectivity index (χ3n) is 3.86. The standard InChI is InChI=1S/C12H16BClN2O4/c1-11(2)12(3,4)20-13(19-11)8-5-7(14)6-9(10(8)15)16(17)18/h5-6H,15H2,1-4H3. The molecule has 1 aliphatic heterocycles. The number of anilines is 1. The van der Waals surface area contributed by atoms with Gasteiger partial charge in [0, 0.05) is 16.6 Å². The van der Waals surface area contributed by atoms with Crippen molar-refractivity contribution in [2.75, 3.05) is 5.73 Å². The summed E-state index contributed by atoms with van der Waals surface area (Å²) in [5, 5.41) is 11.2. The summed E-state index contributed by atoms with van der Waals surface area (Å²) < 4.78 is 11.7. The molecule has 1 aromatic carbocycles. The fourth-order valence-corrected chi connectivity index (χ4v) is 2.16. The number of hydrogen-bond donors (Lipinski definition) is 1. The molecule has 0 amide bonds. The fraction of sp³-hybridized carbons (Fsp3) is 0.500. The minimum absolute atomic E-state index is 0.0119. The lowest BCUT2D eigenvalue weighted by atomic mass is 9.77. The Morgan fingerprint density at radius 3 is 2.20 bits per heavy atom. The molecule has 1 saturated heterocycles. The molecule has 0 radical (unpaired) electrons. The van der Waals surface area contributed by atoms with Crippen LogP contribution in [0.1, 0.15) is 27.7 Å². The first-order chi connectivity index (χ1) is 9.05. The van der Waals surface area contributed by atoms with Gasteiger partial charge in [-0.25, -0.2) is 0 Å². The molecule has 1 aromatic rings. The summed E-state index contributed by atoms with van der Waals surface area (Å²) >= 11 is 5.92. The molecule has 2 N–H and O–H groups in total. The smallest absolute Gasteiger partial charge is 0.399 e. The molecular weight excluding hydrogens is 282 g/mol. The Kier molecular flexibility index (Phi) is 3.48. The second kappa shape index (κ2) is 4.61. The first-order valence-electron chi connectivity index (χ1n) is 6.14. The molecule has 0 aliphatic carbocycles. The van der Waals surface area contributed by atoms with Crippen molar-refractivity contribution < 1.29 is 14.2 Å². The lowest BCUT2D eigenvalue weighted by molar-refractivity contribution is -0.383. The number of hydrogen-bond acceptors (Lipinski definition) is 5. The van der Waals surface area contributed by atoms with Gasteiger partial charge in [0.2, 0.25) is 0 Å². The Balaban J connectivity index is 2.48. The lowest BCUT2D eigenvalue weighted by Crippen LogP contribution is -2.41. The summed E-state index contributed by atoms with van der Waals surface area (Å²) in [5.41, 5.74) is 4.88. The summed E-state index contributed by atoms with van der Waals surface area (Å²) in [6, 6.07) is 2.75. The van der Waals surface area contributed by atoms with E-state index >= 15 is 0 Å². The summed E-state index contributed by atoms with van der Waals surface area (Å²) in [5.74, 6) is 0. The van der Waals surface area contributed by atoms with Gasteiger partial charge in [0.15, 0.2) is 0 Å². The highest BCUT2D eigenvalue weighted by Gasteiger charge is 2.52. The predicted molar refractivity (Wildman–Crippen MR) is 78.2 cm³/mol. The van der Waals surface area contributed by atoms with Crippen LogP contribution in [0.3, 0.4) is 0 Å². The molecular formula is C12H16BClN2O4. The van der Waals surface area contributed by atoms with Crippen LogP contribution in [-0.4, -0.2) is 23.2 Å². The normalized spacial score (nSPS) is 20.1. The van der Waals surface area contributed by atoms with Crippen LogP contribution in [0.15, 0.2) is 12.1 Å². The van der Waals surface area contributed by atoms with Crippen molar-refractivity contribution in [3.63, 3.8) is 0 Å². The highest BCUT2D eigenvalue weighted by atomic mass is 35.5. The van der Waals surface area contributed by atoms with E-state index in [-0.39, 0.29) is 16.4 Å².